The summed E-state index contributed by atoms with van der Waals surface area (Å²) in [7, 11) is 0. The molecule has 1 fully saturated rings. The number of piperazine rings is 1. The molecule has 3 aromatic rings. The zero-order valence-electron chi connectivity index (χ0n) is 19.9. The molecule has 0 aromatic heterocycles. The fourth-order valence-electron chi connectivity index (χ4n) is 6.08. The highest BCUT2D eigenvalue weighted by Gasteiger charge is 2.44. The quantitative estimate of drug-likeness (QED) is 0.496. The summed E-state index contributed by atoms with van der Waals surface area (Å²) < 4.78 is 40.6. The van der Waals surface area contributed by atoms with E-state index in [0.717, 1.165) is 29.9 Å². The molecular weight excluding hydrogens is 463 g/mol. The second-order valence-corrected chi connectivity index (χ2v) is 9.97. The van der Waals surface area contributed by atoms with E-state index < -0.39 is 17.7 Å². The van der Waals surface area contributed by atoms with Crippen LogP contribution in [0.3, 0.4) is 0 Å². The first kappa shape index (κ1) is 23.0. The lowest BCUT2D eigenvalue weighted by molar-refractivity contribution is -0.137. The average molecular weight is 492 g/mol. The van der Waals surface area contributed by atoms with E-state index in [2.05, 4.69) is 34.1 Å². The second-order valence-electron chi connectivity index (χ2n) is 9.97. The summed E-state index contributed by atoms with van der Waals surface area (Å²) in [5.74, 6) is -0.366. The molecule has 3 aromatic carbocycles. The lowest BCUT2D eigenvalue weighted by Crippen LogP contribution is -2.61. The normalized spacial score (nSPS) is 21.5. The van der Waals surface area contributed by atoms with Gasteiger partial charge in [-0.1, -0.05) is 42.5 Å². The third-order valence-electron chi connectivity index (χ3n) is 7.92. The summed E-state index contributed by atoms with van der Waals surface area (Å²) in [6.45, 7) is 3.25. The number of carbonyl (C=O) groups is 1. The van der Waals surface area contributed by atoms with E-state index in [1.54, 1.807) is 6.07 Å². The zero-order chi connectivity index (χ0) is 24.9. The second kappa shape index (κ2) is 8.87. The zero-order valence-corrected chi connectivity index (χ0v) is 19.9. The minimum Gasteiger partial charge on any atom is -0.368 e. The van der Waals surface area contributed by atoms with Crippen LogP contribution in [0.2, 0.25) is 0 Å². The topological polar surface area (TPSA) is 26.8 Å². The van der Waals surface area contributed by atoms with E-state index in [1.165, 1.54) is 17.7 Å². The Morgan fingerprint density at radius 1 is 0.833 bits per heavy atom. The van der Waals surface area contributed by atoms with E-state index in [4.69, 9.17) is 0 Å². The first-order chi connectivity index (χ1) is 17.4. The minimum absolute atomic E-state index is 0.0393. The van der Waals surface area contributed by atoms with Crippen LogP contribution in [-0.4, -0.2) is 43.0 Å². The predicted octanol–water partition coefficient (Wildman–Crippen LogP) is 5.16. The van der Waals surface area contributed by atoms with Crippen LogP contribution in [0, 0.1) is 5.92 Å². The van der Waals surface area contributed by atoms with Crippen molar-refractivity contribution in [2.45, 2.75) is 31.6 Å². The lowest BCUT2D eigenvalue weighted by Gasteiger charge is -2.50. The third kappa shape index (κ3) is 4.10. The number of fused-ring (bicyclic) bond motifs is 4. The van der Waals surface area contributed by atoms with Gasteiger partial charge in [-0.15, -0.1) is 0 Å². The van der Waals surface area contributed by atoms with Gasteiger partial charge in [0.15, 0.2) is 0 Å². The summed E-state index contributed by atoms with van der Waals surface area (Å²) in [5.41, 5.74) is 4.31. The standard InChI is InChI=1S/C29H28F3N3O/c30-29(31,32)23-10-11-26-22(16-23)17-25(28(36)34-13-12-20-6-4-5-7-21(20)18-34)27-19-33(14-15-35(26)27)24-8-2-1-3-9-24/h1-11,16,25,27H,12-15,17-19H2. The molecule has 0 aliphatic carbocycles. The van der Waals surface area contributed by atoms with Crippen LogP contribution in [0.5, 0.6) is 0 Å². The molecule has 186 valence electrons. The molecule has 3 aliphatic rings. The van der Waals surface area contributed by atoms with E-state index in [-0.39, 0.29) is 11.9 Å². The van der Waals surface area contributed by atoms with Gasteiger partial charge in [0.1, 0.15) is 0 Å². The fourth-order valence-corrected chi connectivity index (χ4v) is 6.08. The maximum absolute atomic E-state index is 14.0. The predicted molar refractivity (Wildman–Crippen MR) is 134 cm³/mol. The summed E-state index contributed by atoms with van der Waals surface area (Å²) in [5, 5.41) is 0. The number of anilines is 2. The van der Waals surface area contributed by atoms with Gasteiger partial charge in [0, 0.05) is 44.1 Å². The van der Waals surface area contributed by atoms with Crippen molar-refractivity contribution in [2.24, 2.45) is 5.92 Å². The van der Waals surface area contributed by atoms with E-state index >= 15 is 0 Å². The SMILES string of the molecule is O=C(C1Cc2cc(C(F)(F)F)ccc2N2CCN(c3ccccc3)CC12)N1CCc2ccccc2C1. The van der Waals surface area contributed by atoms with Crippen molar-refractivity contribution in [1.29, 1.82) is 0 Å². The van der Waals surface area contributed by atoms with Crippen molar-refractivity contribution in [1.82, 2.24) is 4.90 Å². The van der Waals surface area contributed by atoms with Crippen LogP contribution in [0.15, 0.2) is 72.8 Å². The number of carbonyl (C=O) groups excluding carboxylic acids is 1. The molecule has 6 rings (SSSR count). The number of halogens is 3. The number of amides is 1. The number of rotatable bonds is 2. The fraction of sp³-hybridized carbons (Fsp3) is 0.345. The van der Waals surface area contributed by atoms with Gasteiger partial charge in [-0.05, 0) is 59.9 Å². The highest BCUT2D eigenvalue weighted by Crippen LogP contribution is 2.41. The smallest absolute Gasteiger partial charge is 0.368 e. The molecule has 4 nitrogen and oxygen atoms in total. The van der Waals surface area contributed by atoms with Crippen molar-refractivity contribution in [3.63, 3.8) is 0 Å². The number of hydrogen-bond donors (Lipinski definition) is 0. The maximum Gasteiger partial charge on any atom is 0.416 e. The van der Waals surface area contributed by atoms with Crippen LogP contribution < -0.4 is 9.80 Å². The number of para-hydroxylation sites is 1. The van der Waals surface area contributed by atoms with Gasteiger partial charge in [0.2, 0.25) is 5.91 Å². The van der Waals surface area contributed by atoms with E-state index in [1.807, 2.05) is 35.2 Å². The molecule has 0 N–H and O–H groups in total. The van der Waals surface area contributed by atoms with Crippen molar-refractivity contribution < 1.29 is 18.0 Å². The number of benzene rings is 3. The average Bonchev–Trinajstić information content (AvgIpc) is 2.91. The summed E-state index contributed by atoms with van der Waals surface area (Å²) in [6.07, 6.45) is -3.29. The maximum atomic E-state index is 14.0. The van der Waals surface area contributed by atoms with Crippen LogP contribution in [0.25, 0.3) is 0 Å². The van der Waals surface area contributed by atoms with Crippen molar-refractivity contribution >= 4 is 17.3 Å². The van der Waals surface area contributed by atoms with E-state index in [0.29, 0.717) is 38.2 Å². The molecule has 0 radical (unpaired) electrons. The van der Waals surface area contributed by atoms with Gasteiger partial charge >= 0.3 is 6.18 Å². The molecular formula is C29H28F3N3O. The minimum atomic E-state index is -4.41. The number of nitrogens with zero attached hydrogens (tertiary/aromatic N) is 3. The van der Waals surface area contributed by atoms with Crippen molar-refractivity contribution in [3.05, 3.63) is 95.1 Å². The summed E-state index contributed by atoms with van der Waals surface area (Å²) in [6, 6.07) is 22.2. The molecule has 3 aliphatic heterocycles. The molecule has 36 heavy (non-hydrogen) atoms. The first-order valence-corrected chi connectivity index (χ1v) is 12.5. The van der Waals surface area contributed by atoms with Gasteiger partial charge in [0.05, 0.1) is 17.5 Å². The Morgan fingerprint density at radius 3 is 2.36 bits per heavy atom. The monoisotopic (exact) mass is 491 g/mol. The first-order valence-electron chi connectivity index (χ1n) is 12.5. The molecule has 3 heterocycles. The lowest BCUT2D eigenvalue weighted by atomic mass is 9.82. The Hall–Kier alpha value is -3.48. The molecule has 0 spiro atoms. The third-order valence-corrected chi connectivity index (χ3v) is 7.92. The van der Waals surface area contributed by atoms with E-state index in [9.17, 15) is 18.0 Å². The Morgan fingerprint density at radius 2 is 1.58 bits per heavy atom. The highest BCUT2D eigenvalue weighted by atomic mass is 19.4. The van der Waals surface area contributed by atoms with Gasteiger partial charge in [-0.25, -0.2) is 0 Å². The molecule has 1 saturated heterocycles. The largest absolute Gasteiger partial charge is 0.416 e. The Labute approximate surface area is 208 Å². The Bertz CT molecular complexity index is 1280. The van der Waals surface area contributed by atoms with Crippen LogP contribution in [0.4, 0.5) is 24.5 Å². The van der Waals surface area contributed by atoms with Crippen molar-refractivity contribution in [2.75, 3.05) is 36.0 Å². The van der Waals surface area contributed by atoms with Crippen LogP contribution >= 0.6 is 0 Å². The molecule has 0 saturated carbocycles. The molecule has 2 unspecified atom stereocenters. The Balaban J connectivity index is 1.34. The highest BCUT2D eigenvalue weighted by molar-refractivity contribution is 5.83. The van der Waals surface area contributed by atoms with Crippen LogP contribution in [0.1, 0.15) is 22.3 Å². The summed E-state index contributed by atoms with van der Waals surface area (Å²) >= 11 is 0. The van der Waals surface area contributed by atoms with Crippen molar-refractivity contribution in [3.8, 4) is 0 Å². The number of hydrogen-bond acceptors (Lipinski definition) is 3. The van der Waals surface area contributed by atoms with Gasteiger partial charge in [0.25, 0.3) is 0 Å². The molecule has 2 atom stereocenters. The molecule has 7 heteroatoms. The number of alkyl halides is 3. The van der Waals surface area contributed by atoms with Gasteiger partial charge in [-0.3, -0.25) is 4.79 Å². The molecule has 1 amide bonds. The van der Waals surface area contributed by atoms with Crippen LogP contribution in [-0.2, 0) is 30.4 Å². The Kier molecular flexibility index (Phi) is 5.66. The van der Waals surface area contributed by atoms with Gasteiger partial charge in [-0.2, -0.15) is 13.2 Å². The summed E-state index contributed by atoms with van der Waals surface area (Å²) in [4.78, 5) is 20.4. The van der Waals surface area contributed by atoms with Gasteiger partial charge < -0.3 is 14.7 Å². The molecule has 0 bridgehead atoms.